The van der Waals surface area contributed by atoms with Crippen molar-refractivity contribution in [2.45, 2.75) is 13.0 Å². The van der Waals surface area contributed by atoms with Gasteiger partial charge in [0.25, 0.3) is 0 Å². The van der Waals surface area contributed by atoms with E-state index in [1.165, 1.54) is 17.9 Å². The minimum absolute atomic E-state index is 0.194. The molecule has 0 saturated carbocycles. The molecule has 2 heterocycles. The highest BCUT2D eigenvalue weighted by atomic mass is 19.1. The number of anilines is 4. The van der Waals surface area contributed by atoms with E-state index in [0.717, 1.165) is 24.5 Å². The largest absolute Gasteiger partial charge is 0.442 e. The zero-order valence-corrected chi connectivity index (χ0v) is 17.4. The van der Waals surface area contributed by atoms with Crippen molar-refractivity contribution >= 4 is 34.7 Å². The predicted octanol–water partition coefficient (Wildman–Crippen LogP) is 2.20. The third kappa shape index (κ3) is 4.65. The highest BCUT2D eigenvalue weighted by Gasteiger charge is 2.33. The van der Waals surface area contributed by atoms with Crippen molar-refractivity contribution in [1.29, 1.82) is 0 Å². The van der Waals surface area contributed by atoms with E-state index in [2.05, 4.69) is 10.2 Å². The van der Waals surface area contributed by atoms with Crippen molar-refractivity contribution < 1.29 is 18.7 Å². The maximum Gasteiger partial charge on any atom is 0.414 e. The Balaban J connectivity index is 1.39. The molecule has 8 nitrogen and oxygen atoms in total. The molecule has 2 amide bonds. The maximum absolute atomic E-state index is 14.9. The number of ether oxygens (including phenoxy) is 1. The van der Waals surface area contributed by atoms with E-state index in [4.69, 9.17) is 10.5 Å². The van der Waals surface area contributed by atoms with Gasteiger partial charge in [-0.15, -0.1) is 0 Å². The minimum Gasteiger partial charge on any atom is -0.442 e. The van der Waals surface area contributed by atoms with E-state index in [1.807, 2.05) is 29.2 Å². The molecule has 0 bridgehead atoms. The Morgan fingerprint density at radius 2 is 1.87 bits per heavy atom. The lowest BCUT2D eigenvalue weighted by Gasteiger charge is -2.37. The second-order valence-electron chi connectivity index (χ2n) is 7.76. The Hall–Kier alpha value is -3.49. The Labute approximate surface area is 180 Å². The first-order chi connectivity index (χ1) is 14.9. The third-order valence-electron chi connectivity index (χ3n) is 5.55. The number of hydrogen-bond acceptors (Lipinski definition) is 6. The third-order valence-corrected chi connectivity index (χ3v) is 5.55. The summed E-state index contributed by atoms with van der Waals surface area (Å²) < 4.78 is 20.2. The summed E-state index contributed by atoms with van der Waals surface area (Å²) in [6.07, 6.45) is -1.00. The molecule has 0 aromatic heterocycles. The predicted molar refractivity (Wildman–Crippen MR) is 118 cm³/mol. The van der Waals surface area contributed by atoms with E-state index in [-0.39, 0.29) is 24.8 Å². The average Bonchev–Trinajstić information content (AvgIpc) is 3.13. The van der Waals surface area contributed by atoms with Gasteiger partial charge >= 0.3 is 6.09 Å². The summed E-state index contributed by atoms with van der Waals surface area (Å²) in [5.74, 6) is -0.575. The molecule has 0 aliphatic carbocycles. The summed E-state index contributed by atoms with van der Waals surface area (Å²) in [4.78, 5) is 28.8. The number of benzene rings is 2. The van der Waals surface area contributed by atoms with Gasteiger partial charge in [-0.1, -0.05) is 6.07 Å². The average molecular weight is 427 g/mol. The van der Waals surface area contributed by atoms with Gasteiger partial charge in [-0.3, -0.25) is 9.69 Å². The summed E-state index contributed by atoms with van der Waals surface area (Å²) in [5, 5.41) is 2.63. The van der Waals surface area contributed by atoms with Crippen LogP contribution in [0.15, 0.2) is 42.5 Å². The fourth-order valence-electron chi connectivity index (χ4n) is 3.94. The number of nitrogens with two attached hydrogens (primary N) is 1. The van der Waals surface area contributed by atoms with Gasteiger partial charge in [0, 0.05) is 44.5 Å². The number of nitrogens with one attached hydrogen (secondary N) is 1. The van der Waals surface area contributed by atoms with Crippen LogP contribution in [0.3, 0.4) is 0 Å². The van der Waals surface area contributed by atoms with E-state index in [9.17, 15) is 14.0 Å². The first-order valence-corrected chi connectivity index (χ1v) is 10.3. The number of hydrogen-bond donors (Lipinski definition) is 2. The fourth-order valence-corrected chi connectivity index (χ4v) is 3.94. The van der Waals surface area contributed by atoms with Gasteiger partial charge in [0.2, 0.25) is 5.91 Å². The first-order valence-electron chi connectivity index (χ1n) is 10.3. The molecule has 0 radical (unpaired) electrons. The van der Waals surface area contributed by atoms with Crippen LogP contribution in [-0.4, -0.2) is 57.4 Å². The van der Waals surface area contributed by atoms with Crippen LogP contribution in [-0.2, 0) is 9.53 Å². The van der Waals surface area contributed by atoms with Crippen molar-refractivity contribution in [3.63, 3.8) is 0 Å². The number of carbonyl (C=O) groups is 2. The highest BCUT2D eigenvalue weighted by molar-refractivity contribution is 5.90. The number of rotatable bonds is 5. The number of carbonyl (C=O) groups excluding carboxylic acids is 2. The van der Waals surface area contributed by atoms with Crippen molar-refractivity contribution in [3.05, 3.63) is 48.3 Å². The molecule has 0 spiro atoms. The molecule has 9 heteroatoms. The van der Waals surface area contributed by atoms with Crippen LogP contribution >= 0.6 is 0 Å². The Bertz CT molecular complexity index is 977. The van der Waals surface area contributed by atoms with Crippen molar-refractivity contribution in [1.82, 2.24) is 5.32 Å². The Morgan fingerprint density at radius 3 is 2.55 bits per heavy atom. The lowest BCUT2D eigenvalue weighted by atomic mass is 10.2. The van der Waals surface area contributed by atoms with E-state index >= 15 is 0 Å². The molecule has 3 N–H and O–H groups in total. The Morgan fingerprint density at radius 1 is 1.13 bits per heavy atom. The quantitative estimate of drug-likeness (QED) is 0.711. The molecule has 2 aliphatic rings. The number of piperazine rings is 1. The highest BCUT2D eigenvalue weighted by Crippen LogP contribution is 2.29. The standard InChI is InChI=1S/C22H26FN5O3/c1-15(29)25-13-19-14-28(22(30)31-19)18-5-6-21(20(23)12-18)27-9-7-26(8-10-27)17-4-2-3-16(24)11-17/h2-6,11-12,19H,7-10,13-14,24H2,1H3,(H,25,29)/t19-/m0/s1. The van der Waals surface area contributed by atoms with Crippen molar-refractivity contribution in [2.24, 2.45) is 0 Å². The number of halogens is 1. The Kier molecular flexibility index (Phi) is 5.83. The number of amides is 2. The molecule has 2 aliphatic heterocycles. The van der Waals surface area contributed by atoms with Crippen LogP contribution in [0.25, 0.3) is 0 Å². The van der Waals surface area contributed by atoms with Crippen LogP contribution in [0.4, 0.5) is 31.9 Å². The normalized spacial score (nSPS) is 18.8. The maximum atomic E-state index is 14.9. The molecule has 164 valence electrons. The van der Waals surface area contributed by atoms with Gasteiger partial charge in [-0.05, 0) is 36.4 Å². The summed E-state index contributed by atoms with van der Waals surface area (Å²) >= 11 is 0. The van der Waals surface area contributed by atoms with Crippen LogP contribution in [0.1, 0.15) is 6.92 Å². The van der Waals surface area contributed by atoms with E-state index < -0.39 is 12.2 Å². The van der Waals surface area contributed by atoms with Gasteiger partial charge in [-0.25, -0.2) is 9.18 Å². The van der Waals surface area contributed by atoms with E-state index in [1.54, 1.807) is 12.1 Å². The summed E-state index contributed by atoms with van der Waals surface area (Å²) in [6, 6.07) is 12.5. The molecule has 4 rings (SSSR count). The second kappa shape index (κ2) is 8.71. The van der Waals surface area contributed by atoms with E-state index in [0.29, 0.717) is 24.5 Å². The van der Waals surface area contributed by atoms with Crippen LogP contribution in [0, 0.1) is 5.82 Å². The molecule has 2 fully saturated rings. The lowest BCUT2D eigenvalue weighted by molar-refractivity contribution is -0.119. The van der Waals surface area contributed by atoms with Crippen LogP contribution in [0.5, 0.6) is 0 Å². The van der Waals surface area contributed by atoms with Gasteiger partial charge in [0.15, 0.2) is 0 Å². The molecule has 2 aromatic carbocycles. The molecule has 0 unspecified atom stereocenters. The van der Waals surface area contributed by atoms with Gasteiger partial charge in [0.1, 0.15) is 11.9 Å². The second-order valence-corrected chi connectivity index (χ2v) is 7.76. The van der Waals surface area contributed by atoms with Gasteiger partial charge in [-0.2, -0.15) is 0 Å². The first kappa shape index (κ1) is 20.8. The minimum atomic E-state index is -0.543. The number of nitrogens with zero attached hydrogens (tertiary/aromatic N) is 3. The fraction of sp³-hybridized carbons (Fsp3) is 0.364. The molecular weight excluding hydrogens is 401 g/mol. The SMILES string of the molecule is CC(=O)NC[C@H]1CN(c2ccc(N3CCN(c4cccc(N)c4)CC3)c(F)c2)C(=O)O1. The molecule has 1 atom stereocenters. The van der Waals surface area contributed by atoms with Crippen molar-refractivity contribution in [2.75, 3.05) is 59.7 Å². The summed E-state index contributed by atoms with van der Waals surface area (Å²) in [5.41, 5.74) is 8.62. The monoisotopic (exact) mass is 427 g/mol. The van der Waals surface area contributed by atoms with Gasteiger partial charge < -0.3 is 25.6 Å². The summed E-state index contributed by atoms with van der Waals surface area (Å²) in [6.45, 7) is 4.76. The number of cyclic esters (lactones) is 1. The van der Waals surface area contributed by atoms with Crippen LogP contribution in [0.2, 0.25) is 0 Å². The lowest BCUT2D eigenvalue weighted by Crippen LogP contribution is -2.46. The van der Waals surface area contributed by atoms with Crippen molar-refractivity contribution in [3.8, 4) is 0 Å². The zero-order chi connectivity index (χ0) is 22.0. The topological polar surface area (TPSA) is 91.1 Å². The molecule has 2 saturated heterocycles. The van der Waals surface area contributed by atoms with Gasteiger partial charge in [0.05, 0.1) is 24.5 Å². The van der Waals surface area contributed by atoms with Crippen LogP contribution < -0.4 is 25.8 Å². The molecule has 2 aromatic rings. The molecule has 31 heavy (non-hydrogen) atoms. The molecular formula is C22H26FN5O3. The summed E-state index contributed by atoms with van der Waals surface area (Å²) in [7, 11) is 0. The smallest absolute Gasteiger partial charge is 0.414 e. The zero-order valence-electron chi connectivity index (χ0n) is 17.4. The number of nitrogen functional groups attached to an aromatic ring is 1.